The maximum absolute atomic E-state index is 13.0. The van der Waals surface area contributed by atoms with Crippen molar-refractivity contribution in [3.63, 3.8) is 0 Å². The fourth-order valence-electron chi connectivity index (χ4n) is 10.2. The van der Waals surface area contributed by atoms with Gasteiger partial charge in [0.15, 0.2) is 6.10 Å². The summed E-state index contributed by atoms with van der Waals surface area (Å²) in [5.74, 6) is 2.48. The van der Waals surface area contributed by atoms with E-state index in [-0.39, 0.29) is 19.8 Å². The molecule has 9 nitrogen and oxygen atoms in total. The molecule has 0 amide bonds. The summed E-state index contributed by atoms with van der Waals surface area (Å²) in [7, 11) is 0. The highest BCUT2D eigenvalue weighted by Crippen LogP contribution is 2.29. The first-order valence-corrected chi connectivity index (χ1v) is 31.6. The van der Waals surface area contributed by atoms with Crippen LogP contribution in [0.3, 0.4) is 0 Å². The summed E-state index contributed by atoms with van der Waals surface area (Å²) >= 11 is 0. The molecule has 0 bridgehead atoms. The quantitative estimate of drug-likeness (QED) is 0.0334. The van der Waals surface area contributed by atoms with E-state index in [1.165, 1.54) is 212 Å². The monoisotopic (exact) mass is 1020 g/mol. The smallest absolute Gasteiger partial charge is 0.434 e. The van der Waals surface area contributed by atoms with E-state index in [4.69, 9.17) is 28.4 Å². The van der Waals surface area contributed by atoms with Gasteiger partial charge in [-0.2, -0.15) is 0 Å². The van der Waals surface area contributed by atoms with Crippen LogP contribution in [0.1, 0.15) is 330 Å². The summed E-state index contributed by atoms with van der Waals surface area (Å²) in [5, 5.41) is 0. The van der Waals surface area contributed by atoms with Gasteiger partial charge in [0.25, 0.3) is 0 Å². The Balaban J connectivity index is 2.39. The van der Waals surface area contributed by atoms with Gasteiger partial charge in [-0.15, -0.1) is 0 Å². The van der Waals surface area contributed by atoms with E-state index < -0.39 is 36.8 Å². The third kappa shape index (κ3) is 46.3. The van der Waals surface area contributed by atoms with E-state index in [0.717, 1.165) is 75.5 Å². The Morgan fingerprint density at radius 3 is 0.708 bits per heavy atom. The Labute approximate surface area is 446 Å². The van der Waals surface area contributed by atoms with E-state index >= 15 is 0 Å². The first-order chi connectivity index (χ1) is 35.1. The molecule has 1 rings (SSSR count). The first-order valence-electron chi connectivity index (χ1n) is 31.6. The Hall–Kier alpha value is -2.19. The van der Waals surface area contributed by atoms with Gasteiger partial charge in [-0.25, -0.2) is 14.4 Å². The summed E-state index contributed by atoms with van der Waals surface area (Å²) < 4.78 is 33.8. The van der Waals surface area contributed by atoms with Gasteiger partial charge in [0.05, 0.1) is 19.8 Å². The zero-order valence-electron chi connectivity index (χ0n) is 48.6. The largest absolute Gasteiger partial charge is 0.508 e. The predicted octanol–water partition coefficient (Wildman–Crippen LogP) is 21.1. The molecule has 0 aromatic rings. The Morgan fingerprint density at radius 1 is 0.292 bits per heavy atom. The second kappa shape index (κ2) is 50.9. The van der Waals surface area contributed by atoms with Gasteiger partial charge in [0.1, 0.15) is 12.2 Å². The molecule has 1 aliphatic carbocycles. The summed E-state index contributed by atoms with van der Waals surface area (Å²) in [6, 6.07) is 0. The molecule has 0 radical (unpaired) electrons. The number of carbonyl (C=O) groups is 3. The average Bonchev–Trinajstić information content (AvgIpc) is 3.34. The molecule has 1 fully saturated rings. The molecule has 2 unspecified atom stereocenters. The predicted molar refractivity (Wildman–Crippen MR) is 301 cm³/mol. The van der Waals surface area contributed by atoms with Crippen LogP contribution in [-0.4, -0.2) is 56.6 Å². The van der Waals surface area contributed by atoms with Gasteiger partial charge >= 0.3 is 18.5 Å². The van der Waals surface area contributed by atoms with Gasteiger partial charge < -0.3 is 28.4 Å². The fraction of sp³-hybridized carbons (Fsp3) is 0.952. The van der Waals surface area contributed by atoms with E-state index in [1.807, 2.05) is 0 Å². The Kier molecular flexibility index (Phi) is 48.0. The van der Waals surface area contributed by atoms with Crippen LogP contribution in [0.25, 0.3) is 0 Å². The fourth-order valence-corrected chi connectivity index (χ4v) is 10.2. The van der Waals surface area contributed by atoms with Crippen LogP contribution >= 0.6 is 0 Å². The zero-order valence-corrected chi connectivity index (χ0v) is 48.6. The highest BCUT2D eigenvalue weighted by molar-refractivity contribution is 5.62. The molecule has 426 valence electrons. The van der Waals surface area contributed by atoms with Crippen molar-refractivity contribution < 1.29 is 42.8 Å². The minimum Gasteiger partial charge on any atom is -0.434 e. The third-order valence-corrected chi connectivity index (χ3v) is 14.9. The molecule has 9 heteroatoms. The van der Waals surface area contributed by atoms with E-state index in [1.54, 1.807) is 0 Å². The summed E-state index contributed by atoms with van der Waals surface area (Å²) in [5.41, 5.74) is 0. The minimum atomic E-state index is -1.01. The topological polar surface area (TPSA) is 107 Å². The normalized spacial score (nSPS) is 15.9. The highest BCUT2D eigenvalue weighted by Gasteiger charge is 2.42. The number of rotatable bonds is 51. The zero-order chi connectivity index (χ0) is 52.4. The van der Waals surface area contributed by atoms with Crippen molar-refractivity contribution in [3.05, 3.63) is 0 Å². The second-order valence-electron chi connectivity index (χ2n) is 23.5. The molecular formula is C63H120O9. The molecule has 0 spiro atoms. The van der Waals surface area contributed by atoms with Crippen molar-refractivity contribution in [1.82, 2.24) is 0 Å². The maximum Gasteiger partial charge on any atom is 0.508 e. The van der Waals surface area contributed by atoms with Gasteiger partial charge in [-0.05, 0) is 56.3 Å². The van der Waals surface area contributed by atoms with E-state index in [9.17, 15) is 14.4 Å². The van der Waals surface area contributed by atoms with Crippen molar-refractivity contribution in [2.75, 3.05) is 19.8 Å². The second-order valence-corrected chi connectivity index (χ2v) is 23.5. The number of ether oxygens (including phenoxy) is 6. The van der Waals surface area contributed by atoms with Crippen molar-refractivity contribution in [2.24, 2.45) is 17.8 Å². The van der Waals surface area contributed by atoms with Crippen LogP contribution in [-0.2, 0) is 28.4 Å². The highest BCUT2D eigenvalue weighted by atomic mass is 16.8. The van der Waals surface area contributed by atoms with E-state index in [0.29, 0.717) is 19.3 Å². The lowest BCUT2D eigenvalue weighted by Gasteiger charge is -2.35. The van der Waals surface area contributed by atoms with Crippen LogP contribution in [0.2, 0.25) is 0 Å². The standard InChI is InChI=1S/C63H120O9/c1-55(2)47-40-34-28-22-16-10-7-13-19-25-31-37-43-52-67-61(64)70-58-50-46-51-59(71-62(65)68-53-44-38-32-26-20-14-8-11-17-23-29-35-41-48-56(3)4)60(58)72-63(66)69-54-45-39-33-27-21-15-9-12-18-24-30-36-42-49-57(5)6/h55-60H,7-54H2,1-6H3. The van der Waals surface area contributed by atoms with E-state index in [2.05, 4.69) is 41.5 Å². The maximum atomic E-state index is 13.0. The summed E-state index contributed by atoms with van der Waals surface area (Å²) in [4.78, 5) is 38.9. The Bertz CT molecular complexity index is 1130. The summed E-state index contributed by atoms with van der Waals surface area (Å²) in [6.07, 6.45) is 49.2. The van der Waals surface area contributed by atoms with Crippen LogP contribution in [0.4, 0.5) is 14.4 Å². The molecule has 1 saturated carbocycles. The molecule has 0 aliphatic heterocycles. The molecule has 0 heterocycles. The van der Waals surface area contributed by atoms with Gasteiger partial charge in [0.2, 0.25) is 0 Å². The number of unbranched alkanes of at least 4 members (excludes halogenated alkanes) is 36. The van der Waals surface area contributed by atoms with Crippen LogP contribution in [0.5, 0.6) is 0 Å². The first kappa shape index (κ1) is 67.8. The molecule has 0 aromatic carbocycles. The van der Waals surface area contributed by atoms with Gasteiger partial charge in [-0.1, -0.05) is 292 Å². The van der Waals surface area contributed by atoms with Crippen LogP contribution < -0.4 is 0 Å². The molecule has 1 aliphatic rings. The van der Waals surface area contributed by atoms with Gasteiger partial charge in [0, 0.05) is 0 Å². The van der Waals surface area contributed by atoms with Crippen molar-refractivity contribution in [2.45, 2.75) is 349 Å². The van der Waals surface area contributed by atoms with Crippen LogP contribution in [0, 0.1) is 17.8 Å². The number of hydrogen-bond donors (Lipinski definition) is 0. The van der Waals surface area contributed by atoms with Crippen molar-refractivity contribution in [1.29, 1.82) is 0 Å². The lowest BCUT2D eigenvalue weighted by Crippen LogP contribution is -2.48. The number of hydrogen-bond acceptors (Lipinski definition) is 9. The molecular weight excluding hydrogens is 901 g/mol. The SMILES string of the molecule is CC(C)CCCCCCCCCCCCCCCOC(=O)OC1CCCC(OC(=O)OCCCCCCCCCCCCCCCC(C)C)C1OC(=O)OCCCCCCCCCCCCCCCC(C)C. The molecule has 0 saturated heterocycles. The van der Waals surface area contributed by atoms with Crippen molar-refractivity contribution >= 4 is 18.5 Å². The minimum absolute atomic E-state index is 0.251. The van der Waals surface area contributed by atoms with Gasteiger partial charge in [-0.3, -0.25) is 0 Å². The number of carbonyl (C=O) groups excluding carboxylic acids is 3. The molecule has 0 aromatic heterocycles. The molecule has 2 atom stereocenters. The Morgan fingerprint density at radius 2 is 0.486 bits per heavy atom. The lowest BCUT2D eigenvalue weighted by atomic mass is 9.91. The van der Waals surface area contributed by atoms with Crippen molar-refractivity contribution in [3.8, 4) is 0 Å². The molecule has 72 heavy (non-hydrogen) atoms. The molecule has 0 N–H and O–H groups in total. The average molecular weight is 1020 g/mol. The van der Waals surface area contributed by atoms with Crippen LogP contribution in [0.15, 0.2) is 0 Å². The third-order valence-electron chi connectivity index (χ3n) is 14.9. The summed E-state index contributed by atoms with van der Waals surface area (Å²) in [6.45, 7) is 14.7. The lowest BCUT2D eigenvalue weighted by molar-refractivity contribution is -0.126.